The molecule has 2 heteroatoms. The van der Waals surface area contributed by atoms with Gasteiger partial charge in [-0.15, -0.1) is 0 Å². The average Bonchev–Trinajstić information content (AvgIpc) is 2.43. The van der Waals surface area contributed by atoms with E-state index in [-0.39, 0.29) is 11.5 Å². The van der Waals surface area contributed by atoms with Crippen LogP contribution in [0.5, 0.6) is 11.5 Å². The van der Waals surface area contributed by atoms with Gasteiger partial charge < -0.3 is 10.2 Å². The number of phenols is 2. The molecule has 0 spiro atoms. The molecule has 106 valence electrons. The van der Waals surface area contributed by atoms with Gasteiger partial charge in [0.2, 0.25) is 0 Å². The van der Waals surface area contributed by atoms with Crippen LogP contribution < -0.4 is 0 Å². The second kappa shape index (κ2) is 8.94. The second-order valence-electron chi connectivity index (χ2n) is 4.70. The van der Waals surface area contributed by atoms with E-state index in [0.717, 1.165) is 38.5 Å². The van der Waals surface area contributed by atoms with E-state index < -0.39 is 0 Å². The number of hydrogen-bond acceptors (Lipinski definition) is 2. The summed E-state index contributed by atoms with van der Waals surface area (Å²) in [4.78, 5) is 0. The smallest absolute Gasteiger partial charge is 0.134 e. The molecule has 1 aromatic carbocycles. The lowest BCUT2D eigenvalue weighted by Gasteiger charge is -2.01. The summed E-state index contributed by atoms with van der Waals surface area (Å²) in [5.41, 5.74) is 1.05. The van der Waals surface area contributed by atoms with Gasteiger partial charge >= 0.3 is 0 Å². The first-order valence-corrected chi connectivity index (χ1v) is 7.22. The molecule has 2 nitrogen and oxygen atoms in total. The molecule has 0 fully saturated rings. The Balaban J connectivity index is 2.89. The van der Waals surface area contributed by atoms with Crippen LogP contribution in [-0.2, 0) is 0 Å². The van der Waals surface area contributed by atoms with Gasteiger partial charge in [-0.05, 0) is 18.9 Å². The highest BCUT2D eigenvalue weighted by Gasteiger charge is 2.05. The Bertz CT molecular complexity index is 503. The van der Waals surface area contributed by atoms with Crippen molar-refractivity contribution in [3.63, 3.8) is 0 Å². The monoisotopic (exact) mass is 270 g/mol. The van der Waals surface area contributed by atoms with E-state index in [9.17, 15) is 10.2 Å². The highest BCUT2D eigenvalue weighted by atomic mass is 16.3. The van der Waals surface area contributed by atoms with E-state index in [2.05, 4.69) is 37.5 Å². The summed E-state index contributed by atoms with van der Waals surface area (Å²) in [6.07, 6.45) is 5.93. The molecule has 0 bridgehead atoms. The summed E-state index contributed by atoms with van der Waals surface area (Å²) >= 11 is 0. The first-order chi connectivity index (χ1) is 9.69. The second-order valence-corrected chi connectivity index (χ2v) is 4.70. The third-order valence-electron chi connectivity index (χ3n) is 2.87. The maximum atomic E-state index is 9.77. The molecule has 0 saturated heterocycles. The molecule has 20 heavy (non-hydrogen) atoms. The van der Waals surface area contributed by atoms with Crippen LogP contribution in [0.2, 0.25) is 0 Å². The van der Waals surface area contributed by atoms with E-state index in [1.54, 1.807) is 6.07 Å². The normalized spacial score (nSPS) is 9.30. The van der Waals surface area contributed by atoms with Crippen LogP contribution in [0.3, 0.4) is 0 Å². The highest BCUT2D eigenvalue weighted by Crippen LogP contribution is 2.26. The van der Waals surface area contributed by atoms with Gasteiger partial charge in [-0.25, -0.2) is 0 Å². The minimum Gasteiger partial charge on any atom is -0.507 e. The van der Waals surface area contributed by atoms with Crippen LogP contribution >= 0.6 is 0 Å². The maximum Gasteiger partial charge on any atom is 0.134 e. The van der Waals surface area contributed by atoms with Crippen LogP contribution in [0, 0.1) is 23.7 Å². The van der Waals surface area contributed by atoms with Gasteiger partial charge in [0.05, 0.1) is 11.1 Å². The molecule has 0 atom stereocenters. The molecule has 0 heterocycles. The summed E-state index contributed by atoms with van der Waals surface area (Å²) in [5, 5.41) is 19.5. The van der Waals surface area contributed by atoms with Crippen molar-refractivity contribution in [3.8, 4) is 35.2 Å². The third-order valence-corrected chi connectivity index (χ3v) is 2.87. The number of phenolic OH excluding ortho intramolecular Hbond substituents is 2. The van der Waals surface area contributed by atoms with Crippen LogP contribution in [0.15, 0.2) is 12.1 Å². The molecular formula is C18H22O2. The molecule has 0 amide bonds. The molecule has 0 aliphatic rings. The van der Waals surface area contributed by atoms with Crippen molar-refractivity contribution in [1.82, 2.24) is 0 Å². The Labute approximate surface area is 121 Å². The Morgan fingerprint density at radius 3 is 1.65 bits per heavy atom. The van der Waals surface area contributed by atoms with Crippen LogP contribution in [0.4, 0.5) is 0 Å². The van der Waals surface area contributed by atoms with Gasteiger partial charge in [-0.1, -0.05) is 50.4 Å². The van der Waals surface area contributed by atoms with Crippen LogP contribution in [-0.4, -0.2) is 10.2 Å². The average molecular weight is 270 g/mol. The van der Waals surface area contributed by atoms with Gasteiger partial charge in [0.1, 0.15) is 11.5 Å². The van der Waals surface area contributed by atoms with Crippen molar-refractivity contribution in [2.24, 2.45) is 0 Å². The first kappa shape index (κ1) is 16.0. The van der Waals surface area contributed by atoms with Crippen molar-refractivity contribution in [1.29, 1.82) is 0 Å². The topological polar surface area (TPSA) is 40.5 Å². The van der Waals surface area contributed by atoms with E-state index in [0.29, 0.717) is 11.1 Å². The molecule has 0 radical (unpaired) electrons. The molecule has 0 aromatic heterocycles. The fourth-order valence-electron chi connectivity index (χ4n) is 1.62. The number of benzene rings is 1. The predicted octanol–water partition coefficient (Wildman–Crippen LogP) is 4.18. The third kappa shape index (κ3) is 5.29. The van der Waals surface area contributed by atoms with Crippen molar-refractivity contribution in [3.05, 3.63) is 23.3 Å². The fraction of sp³-hybridized carbons (Fsp3) is 0.444. The lowest BCUT2D eigenvalue weighted by atomic mass is 10.1. The lowest BCUT2D eigenvalue weighted by molar-refractivity contribution is 0.448. The SMILES string of the molecule is CCCCC#Cc1cc(C#CCCCC)c(O)cc1O. The lowest BCUT2D eigenvalue weighted by Crippen LogP contribution is -1.83. The molecule has 0 aliphatic carbocycles. The molecule has 0 unspecified atom stereocenters. The highest BCUT2D eigenvalue weighted by molar-refractivity contribution is 5.57. The van der Waals surface area contributed by atoms with Crippen molar-refractivity contribution in [2.75, 3.05) is 0 Å². The Morgan fingerprint density at radius 1 is 0.800 bits per heavy atom. The van der Waals surface area contributed by atoms with Crippen molar-refractivity contribution >= 4 is 0 Å². The quantitative estimate of drug-likeness (QED) is 0.636. The number of hydrogen-bond donors (Lipinski definition) is 2. The Morgan fingerprint density at radius 2 is 1.25 bits per heavy atom. The van der Waals surface area contributed by atoms with Gasteiger partial charge in [0.25, 0.3) is 0 Å². The van der Waals surface area contributed by atoms with Crippen molar-refractivity contribution < 1.29 is 10.2 Å². The summed E-state index contributed by atoms with van der Waals surface area (Å²) in [7, 11) is 0. The molecule has 0 aliphatic heterocycles. The van der Waals surface area contributed by atoms with Crippen LogP contribution in [0.1, 0.15) is 63.5 Å². The van der Waals surface area contributed by atoms with E-state index in [1.165, 1.54) is 6.07 Å². The Hall–Kier alpha value is -2.06. The summed E-state index contributed by atoms with van der Waals surface area (Å²) < 4.78 is 0. The first-order valence-electron chi connectivity index (χ1n) is 7.22. The van der Waals surface area contributed by atoms with E-state index in [4.69, 9.17) is 0 Å². The largest absolute Gasteiger partial charge is 0.507 e. The molecule has 0 saturated carbocycles. The fourth-order valence-corrected chi connectivity index (χ4v) is 1.62. The standard InChI is InChI=1S/C18H22O2/c1-3-5-7-9-11-15-13-16(12-10-8-6-4-2)18(20)14-17(15)19/h13-14,19-20H,3-8H2,1-2H3. The van der Waals surface area contributed by atoms with E-state index >= 15 is 0 Å². The zero-order chi connectivity index (χ0) is 14.8. The Kier molecular flexibility index (Phi) is 7.15. The molecule has 1 rings (SSSR count). The van der Waals surface area contributed by atoms with Crippen LogP contribution in [0.25, 0.3) is 0 Å². The zero-order valence-corrected chi connectivity index (χ0v) is 12.3. The van der Waals surface area contributed by atoms with Crippen molar-refractivity contribution in [2.45, 2.75) is 52.4 Å². The number of unbranched alkanes of at least 4 members (excludes halogenated alkanes) is 4. The predicted molar refractivity (Wildman–Crippen MR) is 82.6 cm³/mol. The number of aromatic hydroxyl groups is 2. The number of rotatable bonds is 4. The van der Waals surface area contributed by atoms with Gasteiger partial charge in [-0.2, -0.15) is 0 Å². The minimum absolute atomic E-state index is 0.00519. The van der Waals surface area contributed by atoms with Gasteiger partial charge in [0.15, 0.2) is 0 Å². The minimum atomic E-state index is 0.00519. The maximum absolute atomic E-state index is 9.77. The van der Waals surface area contributed by atoms with Gasteiger partial charge in [0, 0.05) is 18.9 Å². The zero-order valence-electron chi connectivity index (χ0n) is 12.3. The summed E-state index contributed by atoms with van der Waals surface area (Å²) in [6, 6.07) is 2.97. The molecule has 2 N–H and O–H groups in total. The molecule has 1 aromatic rings. The summed E-state index contributed by atoms with van der Waals surface area (Å²) in [6.45, 7) is 4.23. The van der Waals surface area contributed by atoms with E-state index in [1.807, 2.05) is 0 Å². The molecular weight excluding hydrogens is 248 g/mol. The summed E-state index contributed by atoms with van der Waals surface area (Å²) in [5.74, 6) is 11.9. The van der Waals surface area contributed by atoms with Gasteiger partial charge in [-0.3, -0.25) is 0 Å².